The maximum atomic E-state index is 11.0. The van der Waals surface area contributed by atoms with Gasteiger partial charge in [-0.15, -0.1) is 6.58 Å². The van der Waals surface area contributed by atoms with Crippen molar-refractivity contribution in [2.24, 2.45) is 0 Å². The summed E-state index contributed by atoms with van der Waals surface area (Å²) in [7, 11) is 0. The molecule has 2 heteroatoms. The summed E-state index contributed by atoms with van der Waals surface area (Å²) in [6, 6.07) is 5.92. The number of carbonyl (C=O) groups excluding carboxylic acids is 1. The fraction of sp³-hybridized carbons (Fsp3) is 0.308. The first kappa shape index (κ1) is 11.5. The highest BCUT2D eigenvalue weighted by atomic mass is 16.1. The highest BCUT2D eigenvalue weighted by Crippen LogP contribution is 2.20. The Morgan fingerprint density at radius 2 is 2.20 bits per heavy atom. The Morgan fingerprint density at radius 1 is 1.47 bits per heavy atom. The van der Waals surface area contributed by atoms with E-state index in [9.17, 15) is 4.79 Å². The summed E-state index contributed by atoms with van der Waals surface area (Å²) in [5.41, 5.74) is 2.84. The fourth-order valence-electron chi connectivity index (χ4n) is 1.61. The molecular formula is C13H17NO. The van der Waals surface area contributed by atoms with Gasteiger partial charge in [-0.3, -0.25) is 4.79 Å². The van der Waals surface area contributed by atoms with Crippen molar-refractivity contribution >= 4 is 12.0 Å². The number of benzene rings is 1. The molecule has 0 aliphatic carbocycles. The summed E-state index contributed by atoms with van der Waals surface area (Å²) in [4.78, 5) is 13.1. The number of aryl methyl sites for hydroxylation is 1. The quantitative estimate of drug-likeness (QED) is 0.541. The summed E-state index contributed by atoms with van der Waals surface area (Å²) in [6.07, 6.45) is 2.76. The van der Waals surface area contributed by atoms with Crippen LogP contribution in [0, 0.1) is 6.92 Å². The molecule has 0 heterocycles. The van der Waals surface area contributed by atoms with Crippen molar-refractivity contribution in [3.63, 3.8) is 0 Å². The van der Waals surface area contributed by atoms with Crippen molar-refractivity contribution < 1.29 is 4.79 Å². The van der Waals surface area contributed by atoms with Gasteiger partial charge in [0.05, 0.1) is 0 Å². The predicted molar refractivity (Wildman–Crippen MR) is 64.7 cm³/mol. The van der Waals surface area contributed by atoms with Crippen molar-refractivity contribution in [2.45, 2.75) is 13.8 Å². The summed E-state index contributed by atoms with van der Waals surface area (Å²) < 4.78 is 0. The molecule has 0 bridgehead atoms. The zero-order chi connectivity index (χ0) is 11.3. The highest BCUT2D eigenvalue weighted by Gasteiger charge is 2.07. The van der Waals surface area contributed by atoms with Crippen LogP contribution in [0.5, 0.6) is 0 Å². The second-order valence-corrected chi connectivity index (χ2v) is 3.51. The molecule has 0 aromatic heterocycles. The molecule has 2 nitrogen and oxygen atoms in total. The number of hydrogen-bond donors (Lipinski definition) is 0. The van der Waals surface area contributed by atoms with Gasteiger partial charge in [-0.2, -0.15) is 0 Å². The van der Waals surface area contributed by atoms with Crippen molar-refractivity contribution in [1.82, 2.24) is 0 Å². The molecule has 0 unspecified atom stereocenters. The molecule has 1 aromatic rings. The van der Waals surface area contributed by atoms with Gasteiger partial charge in [-0.1, -0.05) is 17.7 Å². The Kier molecular flexibility index (Phi) is 4.10. The molecule has 15 heavy (non-hydrogen) atoms. The highest BCUT2D eigenvalue weighted by molar-refractivity contribution is 5.85. The van der Waals surface area contributed by atoms with Crippen LogP contribution in [0.2, 0.25) is 0 Å². The maximum Gasteiger partial charge on any atom is 0.152 e. The summed E-state index contributed by atoms with van der Waals surface area (Å²) in [5.74, 6) is 0. The van der Waals surface area contributed by atoms with Crippen LogP contribution in [0.3, 0.4) is 0 Å². The number of likely N-dealkylation sites (N-methyl/N-ethyl adjacent to an activating group) is 1. The molecule has 0 saturated carbocycles. The topological polar surface area (TPSA) is 20.3 Å². The molecular weight excluding hydrogens is 186 g/mol. The van der Waals surface area contributed by atoms with E-state index in [1.54, 1.807) is 0 Å². The van der Waals surface area contributed by atoms with E-state index in [0.29, 0.717) is 0 Å². The van der Waals surface area contributed by atoms with Crippen LogP contribution in [0.1, 0.15) is 22.8 Å². The monoisotopic (exact) mass is 203 g/mol. The lowest BCUT2D eigenvalue weighted by Crippen LogP contribution is -2.23. The minimum atomic E-state index is 0.749. The van der Waals surface area contributed by atoms with E-state index in [0.717, 1.165) is 36.2 Å². The number of anilines is 1. The van der Waals surface area contributed by atoms with Gasteiger partial charge in [0.1, 0.15) is 0 Å². The van der Waals surface area contributed by atoms with E-state index in [1.807, 2.05) is 31.2 Å². The molecule has 80 valence electrons. The molecule has 1 aromatic carbocycles. The minimum absolute atomic E-state index is 0.749. The van der Waals surface area contributed by atoms with Crippen molar-refractivity contribution in [3.05, 3.63) is 42.0 Å². The van der Waals surface area contributed by atoms with Crippen molar-refractivity contribution in [2.75, 3.05) is 18.0 Å². The molecule has 0 aliphatic heterocycles. The van der Waals surface area contributed by atoms with Gasteiger partial charge >= 0.3 is 0 Å². The summed E-state index contributed by atoms with van der Waals surface area (Å²) >= 11 is 0. The van der Waals surface area contributed by atoms with Crippen molar-refractivity contribution in [1.29, 1.82) is 0 Å². The van der Waals surface area contributed by atoms with Gasteiger partial charge in [0, 0.05) is 24.3 Å². The molecule has 0 spiro atoms. The van der Waals surface area contributed by atoms with Gasteiger partial charge < -0.3 is 4.90 Å². The van der Waals surface area contributed by atoms with Gasteiger partial charge in [0.25, 0.3) is 0 Å². The molecule has 0 aliphatic rings. The third-order valence-electron chi connectivity index (χ3n) is 2.38. The normalized spacial score (nSPS) is 9.73. The zero-order valence-electron chi connectivity index (χ0n) is 9.36. The Labute approximate surface area is 91.2 Å². The number of rotatable bonds is 5. The SMILES string of the molecule is C=CCN(CC)c1ccc(C)cc1C=O. The standard InChI is InChI=1S/C13H17NO/c1-4-8-14(5-2)13-7-6-11(3)9-12(13)10-15/h4,6-7,9-10H,1,5,8H2,2-3H3. The molecule has 0 N–H and O–H groups in total. The van der Waals surface area contributed by atoms with E-state index < -0.39 is 0 Å². The van der Waals surface area contributed by atoms with E-state index in [1.165, 1.54) is 0 Å². The number of carbonyl (C=O) groups is 1. The molecule has 0 atom stereocenters. The largest absolute Gasteiger partial charge is 0.368 e. The average Bonchev–Trinajstić information content (AvgIpc) is 2.26. The Bertz CT molecular complexity index is 358. The predicted octanol–water partition coefficient (Wildman–Crippen LogP) is 2.82. The first-order valence-corrected chi connectivity index (χ1v) is 5.14. The first-order chi connectivity index (χ1) is 7.22. The molecule has 0 fully saturated rings. The van der Waals surface area contributed by atoms with Crippen LogP contribution in [0.15, 0.2) is 30.9 Å². The van der Waals surface area contributed by atoms with Crippen molar-refractivity contribution in [3.8, 4) is 0 Å². The van der Waals surface area contributed by atoms with Gasteiger partial charge in [-0.05, 0) is 26.0 Å². The number of nitrogens with zero attached hydrogens (tertiary/aromatic N) is 1. The van der Waals surface area contributed by atoms with Crippen LogP contribution in [-0.4, -0.2) is 19.4 Å². The van der Waals surface area contributed by atoms with Gasteiger partial charge in [-0.25, -0.2) is 0 Å². The Morgan fingerprint density at radius 3 is 2.73 bits per heavy atom. The Balaban J connectivity index is 3.10. The summed E-state index contributed by atoms with van der Waals surface area (Å²) in [6.45, 7) is 9.41. The molecule has 0 radical (unpaired) electrons. The van der Waals surface area contributed by atoms with Crippen LogP contribution in [-0.2, 0) is 0 Å². The van der Waals surface area contributed by atoms with Crippen LogP contribution in [0.25, 0.3) is 0 Å². The third kappa shape index (κ3) is 2.69. The Hall–Kier alpha value is -1.57. The maximum absolute atomic E-state index is 11.0. The lowest BCUT2D eigenvalue weighted by Gasteiger charge is -2.23. The average molecular weight is 203 g/mol. The lowest BCUT2D eigenvalue weighted by molar-refractivity contribution is 0.112. The van der Waals surface area contributed by atoms with E-state index in [2.05, 4.69) is 18.4 Å². The van der Waals surface area contributed by atoms with Gasteiger partial charge in [0.15, 0.2) is 6.29 Å². The second kappa shape index (κ2) is 5.35. The van der Waals surface area contributed by atoms with Gasteiger partial charge in [0.2, 0.25) is 0 Å². The zero-order valence-corrected chi connectivity index (χ0v) is 9.36. The molecule has 0 saturated heterocycles. The number of hydrogen-bond acceptors (Lipinski definition) is 2. The van der Waals surface area contributed by atoms with Crippen LogP contribution in [0.4, 0.5) is 5.69 Å². The van der Waals surface area contributed by atoms with Crippen LogP contribution >= 0.6 is 0 Å². The molecule has 0 amide bonds. The minimum Gasteiger partial charge on any atom is -0.368 e. The lowest BCUT2D eigenvalue weighted by atomic mass is 10.1. The van der Waals surface area contributed by atoms with Crippen LogP contribution < -0.4 is 4.90 Å². The first-order valence-electron chi connectivity index (χ1n) is 5.14. The number of aldehydes is 1. The second-order valence-electron chi connectivity index (χ2n) is 3.51. The third-order valence-corrected chi connectivity index (χ3v) is 2.38. The van der Waals surface area contributed by atoms with E-state index in [4.69, 9.17) is 0 Å². The van der Waals surface area contributed by atoms with E-state index >= 15 is 0 Å². The summed E-state index contributed by atoms with van der Waals surface area (Å²) in [5, 5.41) is 0. The molecule has 1 rings (SSSR count). The van der Waals surface area contributed by atoms with E-state index in [-0.39, 0.29) is 0 Å². The smallest absolute Gasteiger partial charge is 0.152 e. The fourth-order valence-corrected chi connectivity index (χ4v) is 1.61.